The molecule has 3 N–H and O–H groups in total. The zero-order valence-corrected chi connectivity index (χ0v) is 18.9. The van der Waals surface area contributed by atoms with Gasteiger partial charge in [-0.1, -0.05) is 48.0 Å². The van der Waals surface area contributed by atoms with Gasteiger partial charge in [-0.25, -0.2) is 5.43 Å². The molecule has 3 aromatic rings. The molecule has 0 aliphatic heterocycles. The zero-order chi connectivity index (χ0) is 23.8. The lowest BCUT2D eigenvalue weighted by molar-refractivity contribution is -0.117. The Bertz CT molecular complexity index is 1200. The fraction of sp³-hybridized carbons (Fsp3) is 0.0800. The second kappa shape index (κ2) is 11.0. The van der Waals surface area contributed by atoms with E-state index in [2.05, 4.69) is 15.8 Å². The fourth-order valence-corrected chi connectivity index (χ4v) is 3.07. The van der Waals surface area contributed by atoms with Crippen LogP contribution in [0.5, 0.6) is 5.75 Å². The van der Waals surface area contributed by atoms with Gasteiger partial charge in [0.2, 0.25) is 0 Å². The summed E-state index contributed by atoms with van der Waals surface area (Å²) in [7, 11) is 3.85. The van der Waals surface area contributed by atoms with E-state index in [1.165, 1.54) is 12.3 Å². The van der Waals surface area contributed by atoms with Crippen LogP contribution in [-0.2, 0) is 4.79 Å². The van der Waals surface area contributed by atoms with Gasteiger partial charge >= 0.3 is 0 Å². The van der Waals surface area contributed by atoms with Crippen molar-refractivity contribution in [2.45, 2.75) is 0 Å². The first kappa shape index (κ1) is 23.6. The highest BCUT2D eigenvalue weighted by molar-refractivity contribution is 6.34. The number of benzene rings is 3. The molecule has 3 aromatic carbocycles. The van der Waals surface area contributed by atoms with E-state index < -0.39 is 11.8 Å². The summed E-state index contributed by atoms with van der Waals surface area (Å²) in [5, 5.41) is 16.6. The van der Waals surface area contributed by atoms with E-state index in [1.54, 1.807) is 48.5 Å². The number of carbonyl (C=O) groups is 2. The summed E-state index contributed by atoms with van der Waals surface area (Å²) in [5.41, 5.74) is 4.72. The van der Waals surface area contributed by atoms with Crippen molar-refractivity contribution in [3.05, 3.63) is 100 Å². The summed E-state index contributed by atoms with van der Waals surface area (Å²) in [5.74, 6) is -1.14. The summed E-state index contributed by atoms with van der Waals surface area (Å²) in [6.45, 7) is 0. The number of phenols is 1. The highest BCUT2D eigenvalue weighted by Gasteiger charge is 2.16. The lowest BCUT2D eigenvalue weighted by atomic mass is 10.1. The number of phenolic OH excluding ortho intramolecular Hbond substituents is 1. The van der Waals surface area contributed by atoms with Crippen molar-refractivity contribution in [2.75, 3.05) is 19.0 Å². The summed E-state index contributed by atoms with van der Waals surface area (Å²) in [6, 6.07) is 20.6. The van der Waals surface area contributed by atoms with E-state index in [4.69, 9.17) is 11.6 Å². The number of amides is 2. The van der Waals surface area contributed by atoms with E-state index in [9.17, 15) is 14.7 Å². The molecule has 0 bridgehead atoms. The number of nitrogens with one attached hydrogen (secondary N) is 2. The van der Waals surface area contributed by atoms with Crippen molar-refractivity contribution < 1.29 is 14.7 Å². The molecule has 3 rings (SSSR count). The van der Waals surface area contributed by atoms with Gasteiger partial charge < -0.3 is 15.3 Å². The van der Waals surface area contributed by atoms with Gasteiger partial charge in [0.25, 0.3) is 11.8 Å². The van der Waals surface area contributed by atoms with Gasteiger partial charge in [0.1, 0.15) is 11.4 Å². The van der Waals surface area contributed by atoms with Crippen molar-refractivity contribution in [3.63, 3.8) is 0 Å². The van der Waals surface area contributed by atoms with Crippen molar-refractivity contribution in [3.8, 4) is 5.75 Å². The van der Waals surface area contributed by atoms with Gasteiger partial charge in [-0.05, 0) is 48.0 Å². The van der Waals surface area contributed by atoms with Gasteiger partial charge in [0, 0.05) is 25.3 Å². The highest BCUT2D eigenvalue weighted by Crippen LogP contribution is 2.17. The van der Waals surface area contributed by atoms with Gasteiger partial charge in [0.15, 0.2) is 0 Å². The molecule has 0 saturated heterocycles. The molecule has 8 heteroatoms. The Kier molecular flexibility index (Phi) is 7.83. The average molecular weight is 463 g/mol. The summed E-state index contributed by atoms with van der Waals surface area (Å²) < 4.78 is 0. The quantitative estimate of drug-likeness (QED) is 0.280. The SMILES string of the molecule is CN(C)c1ccc(/C=C(/NC(=O)c2ccccc2Cl)C(=O)N/N=C/c2ccccc2O)cc1. The van der Waals surface area contributed by atoms with Crippen LogP contribution in [0.1, 0.15) is 21.5 Å². The Morgan fingerprint density at radius 3 is 2.30 bits per heavy atom. The van der Waals surface area contributed by atoms with Crippen LogP contribution in [-0.4, -0.2) is 37.2 Å². The first-order valence-corrected chi connectivity index (χ1v) is 10.4. The minimum absolute atomic E-state index is 0.0213. The average Bonchev–Trinajstić information content (AvgIpc) is 2.80. The number of anilines is 1. The molecule has 0 fully saturated rings. The van der Waals surface area contributed by atoms with E-state index in [0.29, 0.717) is 11.1 Å². The van der Waals surface area contributed by atoms with Crippen LogP contribution >= 0.6 is 11.6 Å². The number of carbonyl (C=O) groups excluding carboxylic acids is 2. The van der Waals surface area contributed by atoms with Crippen LogP contribution in [0.15, 0.2) is 83.6 Å². The normalized spacial score (nSPS) is 11.3. The lowest BCUT2D eigenvalue weighted by Gasteiger charge is -2.13. The van der Waals surface area contributed by atoms with E-state index in [-0.39, 0.29) is 22.0 Å². The maximum absolute atomic E-state index is 12.8. The highest BCUT2D eigenvalue weighted by atomic mass is 35.5. The number of nitrogens with zero attached hydrogens (tertiary/aromatic N) is 2. The van der Waals surface area contributed by atoms with Crippen LogP contribution in [0.25, 0.3) is 6.08 Å². The van der Waals surface area contributed by atoms with Gasteiger partial charge in [-0.2, -0.15) is 5.10 Å². The van der Waals surface area contributed by atoms with Gasteiger partial charge in [-0.15, -0.1) is 0 Å². The van der Waals surface area contributed by atoms with Crippen LogP contribution in [0, 0.1) is 0 Å². The second-order valence-corrected chi connectivity index (χ2v) is 7.64. The third-order valence-electron chi connectivity index (χ3n) is 4.64. The standard InChI is InChI=1S/C25H23ClN4O3/c1-30(2)19-13-11-17(12-14-19)15-22(28-24(32)20-8-4-5-9-21(20)26)25(33)29-27-16-18-7-3-6-10-23(18)31/h3-16,31H,1-2H3,(H,28,32)(H,29,33)/b22-15+,27-16+. The third kappa shape index (κ3) is 6.44. The Morgan fingerprint density at radius 2 is 1.64 bits per heavy atom. The number of hydrazone groups is 1. The first-order valence-electron chi connectivity index (χ1n) is 10.0. The van der Waals surface area contributed by atoms with Crippen molar-refractivity contribution in [2.24, 2.45) is 5.10 Å². The van der Waals surface area contributed by atoms with E-state index in [0.717, 1.165) is 5.69 Å². The summed E-state index contributed by atoms with van der Waals surface area (Å²) in [6.07, 6.45) is 2.85. The minimum Gasteiger partial charge on any atom is -0.507 e. The molecule has 0 heterocycles. The van der Waals surface area contributed by atoms with Crippen LogP contribution in [0.2, 0.25) is 5.02 Å². The van der Waals surface area contributed by atoms with E-state index >= 15 is 0 Å². The molecule has 168 valence electrons. The Balaban J connectivity index is 1.85. The maximum atomic E-state index is 12.8. The van der Waals surface area contributed by atoms with Crippen LogP contribution in [0.3, 0.4) is 0 Å². The smallest absolute Gasteiger partial charge is 0.287 e. The monoisotopic (exact) mass is 462 g/mol. The zero-order valence-electron chi connectivity index (χ0n) is 18.1. The van der Waals surface area contributed by atoms with Crippen LogP contribution < -0.4 is 15.6 Å². The molecule has 0 atom stereocenters. The minimum atomic E-state index is -0.640. The Labute approximate surface area is 197 Å². The Hall–Kier alpha value is -4.10. The third-order valence-corrected chi connectivity index (χ3v) is 4.97. The molecule has 0 saturated carbocycles. The predicted molar refractivity (Wildman–Crippen MR) is 132 cm³/mol. The number of aromatic hydroxyl groups is 1. The van der Waals surface area contributed by atoms with Gasteiger partial charge in [0.05, 0.1) is 16.8 Å². The van der Waals surface area contributed by atoms with Gasteiger partial charge in [-0.3, -0.25) is 9.59 Å². The molecule has 0 unspecified atom stereocenters. The topological polar surface area (TPSA) is 94.0 Å². The first-order chi connectivity index (χ1) is 15.8. The molecular weight excluding hydrogens is 440 g/mol. The van der Waals surface area contributed by atoms with Crippen molar-refractivity contribution in [1.82, 2.24) is 10.7 Å². The maximum Gasteiger partial charge on any atom is 0.287 e. The summed E-state index contributed by atoms with van der Waals surface area (Å²) >= 11 is 6.12. The molecule has 0 aliphatic rings. The van der Waals surface area contributed by atoms with Crippen LogP contribution in [0.4, 0.5) is 5.69 Å². The van der Waals surface area contributed by atoms with Crippen molar-refractivity contribution >= 4 is 41.4 Å². The number of hydrogen-bond donors (Lipinski definition) is 3. The summed E-state index contributed by atoms with van der Waals surface area (Å²) in [4.78, 5) is 27.5. The number of halogens is 1. The number of para-hydroxylation sites is 1. The fourth-order valence-electron chi connectivity index (χ4n) is 2.85. The largest absolute Gasteiger partial charge is 0.507 e. The predicted octanol–water partition coefficient (Wildman–Crippen LogP) is 4.03. The molecule has 2 amide bonds. The molecule has 0 aliphatic carbocycles. The second-order valence-electron chi connectivity index (χ2n) is 7.24. The number of hydrogen-bond acceptors (Lipinski definition) is 5. The Morgan fingerprint density at radius 1 is 0.970 bits per heavy atom. The van der Waals surface area contributed by atoms with Crippen molar-refractivity contribution in [1.29, 1.82) is 0 Å². The molecule has 0 radical (unpaired) electrons. The number of rotatable bonds is 7. The molecule has 33 heavy (non-hydrogen) atoms. The lowest BCUT2D eigenvalue weighted by Crippen LogP contribution is -2.33. The molecule has 0 spiro atoms. The molecular formula is C25H23ClN4O3. The van der Waals surface area contributed by atoms with E-state index in [1.807, 2.05) is 43.3 Å². The molecule has 0 aromatic heterocycles. The molecule has 7 nitrogen and oxygen atoms in total.